The van der Waals surface area contributed by atoms with E-state index in [-0.39, 0.29) is 31.3 Å². The van der Waals surface area contributed by atoms with Crippen LogP contribution in [0, 0.1) is 0 Å². The SMILES string of the molecule is C=CC[C@](CO[C@H](C)c1cc(C(F)(F)F)cc(C(F)(F)F)c1)(NC(=O)OCc1ccccc1)c1ccccc1. The average Bonchev–Trinajstić information content (AvgIpc) is 2.90. The normalized spacial score (nSPS) is 14.2. The van der Waals surface area contributed by atoms with Crippen molar-refractivity contribution in [1.29, 1.82) is 0 Å². The van der Waals surface area contributed by atoms with Gasteiger partial charge >= 0.3 is 18.4 Å². The minimum absolute atomic E-state index is 0.0205. The number of alkyl carbamates (subject to hydrolysis) is 1. The van der Waals surface area contributed by atoms with E-state index in [2.05, 4.69) is 11.9 Å². The summed E-state index contributed by atoms with van der Waals surface area (Å²) in [6.45, 7) is 4.75. The molecule has 0 aliphatic carbocycles. The molecule has 10 heteroatoms. The first-order chi connectivity index (χ1) is 18.3. The Hall–Kier alpha value is -3.79. The summed E-state index contributed by atoms with van der Waals surface area (Å²) in [5.41, 5.74) is -3.15. The van der Waals surface area contributed by atoms with Gasteiger partial charge in [0.05, 0.1) is 29.4 Å². The van der Waals surface area contributed by atoms with E-state index in [0.29, 0.717) is 17.7 Å². The molecule has 0 radical (unpaired) electrons. The monoisotopic (exact) mass is 551 g/mol. The van der Waals surface area contributed by atoms with Crippen molar-refractivity contribution in [2.45, 2.75) is 43.9 Å². The number of alkyl halides is 6. The first-order valence-electron chi connectivity index (χ1n) is 11.9. The molecule has 0 aromatic heterocycles. The number of hydrogen-bond acceptors (Lipinski definition) is 3. The smallest absolute Gasteiger partial charge is 0.416 e. The Kier molecular flexibility index (Phi) is 9.45. The van der Waals surface area contributed by atoms with Gasteiger partial charge in [0.25, 0.3) is 0 Å². The highest BCUT2D eigenvalue weighted by Crippen LogP contribution is 2.38. The Bertz CT molecular complexity index is 1210. The maximum atomic E-state index is 13.4. The third kappa shape index (κ3) is 8.10. The zero-order valence-electron chi connectivity index (χ0n) is 21.0. The molecule has 0 spiro atoms. The standard InChI is InChI=1S/C29H27F6NO3/c1-3-14-27(23-12-8-5-9-13-23,36-26(37)38-18-21-10-6-4-7-11-21)19-39-20(2)22-15-24(28(30,31)32)17-25(16-22)29(33,34)35/h3-13,15-17,20H,1,14,18-19H2,2H3,(H,36,37)/t20-,27-/m1/s1. The second kappa shape index (κ2) is 12.4. The molecule has 0 bridgehead atoms. The van der Waals surface area contributed by atoms with Gasteiger partial charge in [-0.15, -0.1) is 6.58 Å². The Morgan fingerprint density at radius 2 is 1.41 bits per heavy atom. The molecule has 3 aromatic carbocycles. The van der Waals surface area contributed by atoms with Crippen LogP contribution < -0.4 is 5.32 Å². The van der Waals surface area contributed by atoms with Crippen molar-refractivity contribution in [2.24, 2.45) is 0 Å². The average molecular weight is 552 g/mol. The summed E-state index contributed by atoms with van der Waals surface area (Å²) >= 11 is 0. The molecule has 0 heterocycles. The number of carbonyl (C=O) groups excluding carboxylic acids is 1. The highest BCUT2D eigenvalue weighted by Gasteiger charge is 2.38. The molecule has 0 saturated carbocycles. The molecule has 3 rings (SSSR count). The number of amides is 1. The van der Waals surface area contributed by atoms with Gasteiger partial charge in [0.2, 0.25) is 0 Å². The minimum atomic E-state index is -4.99. The molecule has 3 aromatic rings. The zero-order chi connectivity index (χ0) is 28.7. The van der Waals surface area contributed by atoms with Gasteiger partial charge in [0.1, 0.15) is 6.61 Å². The van der Waals surface area contributed by atoms with Gasteiger partial charge in [0.15, 0.2) is 0 Å². The van der Waals surface area contributed by atoms with Gasteiger partial charge in [-0.25, -0.2) is 4.79 Å². The third-order valence-electron chi connectivity index (χ3n) is 6.03. The first-order valence-corrected chi connectivity index (χ1v) is 11.9. The lowest BCUT2D eigenvalue weighted by atomic mass is 9.87. The van der Waals surface area contributed by atoms with Crippen LogP contribution >= 0.6 is 0 Å². The molecule has 208 valence electrons. The van der Waals surface area contributed by atoms with Gasteiger partial charge in [-0.2, -0.15) is 26.3 Å². The number of nitrogens with one attached hydrogen (secondary N) is 1. The predicted octanol–water partition coefficient (Wildman–Crippen LogP) is 8.20. The molecule has 0 fully saturated rings. The summed E-state index contributed by atoms with van der Waals surface area (Å²) in [5.74, 6) is 0. The van der Waals surface area contributed by atoms with Gasteiger partial charge < -0.3 is 14.8 Å². The van der Waals surface area contributed by atoms with Crippen molar-refractivity contribution in [3.05, 3.63) is 119 Å². The van der Waals surface area contributed by atoms with Crippen molar-refractivity contribution in [2.75, 3.05) is 6.61 Å². The molecule has 4 nitrogen and oxygen atoms in total. The summed E-state index contributed by atoms with van der Waals surface area (Å²) < 4.78 is 91.3. The summed E-state index contributed by atoms with van der Waals surface area (Å²) in [7, 11) is 0. The third-order valence-corrected chi connectivity index (χ3v) is 6.03. The van der Waals surface area contributed by atoms with Crippen LogP contribution in [0.15, 0.2) is 91.5 Å². The van der Waals surface area contributed by atoms with E-state index in [1.807, 2.05) is 6.07 Å². The Balaban J connectivity index is 1.89. The van der Waals surface area contributed by atoms with E-state index in [1.54, 1.807) is 54.6 Å². The zero-order valence-corrected chi connectivity index (χ0v) is 21.0. The number of hydrogen-bond donors (Lipinski definition) is 1. The second-order valence-electron chi connectivity index (χ2n) is 8.92. The molecule has 1 amide bonds. The van der Waals surface area contributed by atoms with Crippen LogP contribution in [-0.2, 0) is 34.0 Å². The maximum absolute atomic E-state index is 13.4. The number of carbonyl (C=O) groups is 1. The fourth-order valence-electron chi connectivity index (χ4n) is 3.95. The minimum Gasteiger partial charge on any atom is -0.445 e. The van der Waals surface area contributed by atoms with Crippen molar-refractivity contribution >= 4 is 6.09 Å². The molecule has 0 aliphatic heterocycles. The lowest BCUT2D eigenvalue weighted by Gasteiger charge is -2.35. The van der Waals surface area contributed by atoms with E-state index in [1.165, 1.54) is 13.0 Å². The fraction of sp³-hybridized carbons (Fsp3) is 0.276. The van der Waals surface area contributed by atoms with Gasteiger partial charge in [0, 0.05) is 0 Å². The maximum Gasteiger partial charge on any atom is 0.416 e. The number of rotatable bonds is 10. The molecule has 0 aliphatic rings. The van der Waals surface area contributed by atoms with Crippen LogP contribution in [0.2, 0.25) is 0 Å². The molecular formula is C29H27F6NO3. The number of benzene rings is 3. The lowest BCUT2D eigenvalue weighted by Crippen LogP contribution is -2.49. The van der Waals surface area contributed by atoms with Crippen molar-refractivity contribution in [3.63, 3.8) is 0 Å². The number of ether oxygens (including phenoxy) is 2. The van der Waals surface area contributed by atoms with E-state index in [9.17, 15) is 31.1 Å². The van der Waals surface area contributed by atoms with Crippen LogP contribution in [0.4, 0.5) is 31.1 Å². The van der Waals surface area contributed by atoms with Gasteiger partial charge in [-0.1, -0.05) is 66.7 Å². The van der Waals surface area contributed by atoms with Crippen molar-refractivity contribution in [3.8, 4) is 0 Å². The topological polar surface area (TPSA) is 47.6 Å². The molecule has 2 atom stereocenters. The summed E-state index contributed by atoms with van der Waals surface area (Å²) in [4.78, 5) is 12.8. The second-order valence-corrected chi connectivity index (χ2v) is 8.92. The largest absolute Gasteiger partial charge is 0.445 e. The Labute approximate surface area is 222 Å². The van der Waals surface area contributed by atoms with E-state index < -0.39 is 41.2 Å². The molecule has 0 saturated heterocycles. The van der Waals surface area contributed by atoms with E-state index in [0.717, 1.165) is 5.56 Å². The van der Waals surface area contributed by atoms with Gasteiger partial charge in [-0.05, 0) is 48.2 Å². The highest BCUT2D eigenvalue weighted by molar-refractivity contribution is 5.69. The first kappa shape index (κ1) is 29.8. The van der Waals surface area contributed by atoms with E-state index in [4.69, 9.17) is 9.47 Å². The summed E-state index contributed by atoms with van der Waals surface area (Å²) in [6.07, 6.45) is -10.3. The summed E-state index contributed by atoms with van der Waals surface area (Å²) in [5, 5.41) is 2.78. The van der Waals surface area contributed by atoms with Gasteiger partial charge in [-0.3, -0.25) is 0 Å². The fourth-order valence-corrected chi connectivity index (χ4v) is 3.95. The van der Waals surface area contributed by atoms with E-state index >= 15 is 0 Å². The molecule has 39 heavy (non-hydrogen) atoms. The Morgan fingerprint density at radius 3 is 1.92 bits per heavy atom. The van der Waals surface area contributed by atoms with Crippen LogP contribution in [0.25, 0.3) is 0 Å². The molecular weight excluding hydrogens is 524 g/mol. The lowest BCUT2D eigenvalue weighted by molar-refractivity contribution is -0.143. The van der Waals surface area contributed by atoms with Crippen LogP contribution in [-0.4, -0.2) is 12.7 Å². The van der Waals surface area contributed by atoms with Crippen LogP contribution in [0.1, 0.15) is 47.3 Å². The van der Waals surface area contributed by atoms with Crippen molar-refractivity contribution in [1.82, 2.24) is 5.32 Å². The Morgan fingerprint density at radius 1 is 0.872 bits per heavy atom. The molecule has 0 unspecified atom stereocenters. The summed E-state index contributed by atoms with van der Waals surface area (Å²) in [6, 6.07) is 18.9. The highest BCUT2D eigenvalue weighted by atomic mass is 19.4. The van der Waals surface area contributed by atoms with Crippen LogP contribution in [0.5, 0.6) is 0 Å². The van der Waals surface area contributed by atoms with Crippen LogP contribution in [0.3, 0.4) is 0 Å². The van der Waals surface area contributed by atoms with Crippen molar-refractivity contribution < 1.29 is 40.6 Å². The predicted molar refractivity (Wildman–Crippen MR) is 134 cm³/mol. The number of halogens is 6. The molecule has 1 N–H and O–H groups in total. The quantitative estimate of drug-likeness (QED) is 0.204.